The minimum Gasteiger partial charge on any atom is -0.310 e. The first kappa shape index (κ1) is 15.7. The number of piperidine rings is 3. The predicted molar refractivity (Wildman–Crippen MR) is 90.7 cm³/mol. The Morgan fingerprint density at radius 1 is 1.16 bits per heavy atom. The van der Waals surface area contributed by atoms with Crippen LogP contribution in [0.2, 0.25) is 0 Å². The summed E-state index contributed by atoms with van der Waals surface area (Å²) in [4.78, 5) is 2.81. The number of rotatable bonds is 0. The van der Waals surface area contributed by atoms with E-state index >= 15 is 0 Å². The summed E-state index contributed by atoms with van der Waals surface area (Å²) in [5, 5.41) is 3.78. The van der Waals surface area contributed by atoms with Crippen molar-refractivity contribution in [3.63, 3.8) is 0 Å². The Morgan fingerprint density at radius 3 is 2.95 bits per heavy atom. The van der Waals surface area contributed by atoms with Crippen LogP contribution in [0.1, 0.15) is 38.5 Å². The highest BCUT2D eigenvalue weighted by molar-refractivity contribution is 7.59. The standard InChI is InChI=1S/C15H24N2.2H2S/c1-2-7-17-10-13-9-12(14(17)5-1)8-11-4-3-6-16-15(11)13;;/h8,12-16H,1-7,9-10H2;2*1H2/t12-,13+,14+,15+;;/m0../s1. The highest BCUT2D eigenvalue weighted by atomic mass is 32.1. The molecule has 4 rings (SSSR count). The second kappa shape index (κ2) is 6.42. The van der Waals surface area contributed by atoms with Crippen LogP contribution in [0.25, 0.3) is 0 Å². The van der Waals surface area contributed by atoms with E-state index in [0.717, 1.165) is 23.9 Å². The molecular weight excluding hydrogens is 272 g/mol. The summed E-state index contributed by atoms with van der Waals surface area (Å²) >= 11 is 0. The van der Waals surface area contributed by atoms with E-state index in [1.165, 1.54) is 58.2 Å². The van der Waals surface area contributed by atoms with Crippen LogP contribution in [0.15, 0.2) is 11.6 Å². The zero-order valence-electron chi connectivity index (χ0n) is 11.7. The lowest BCUT2D eigenvalue weighted by molar-refractivity contribution is 0.0271. The van der Waals surface area contributed by atoms with Gasteiger partial charge in [-0.05, 0) is 57.0 Å². The van der Waals surface area contributed by atoms with Gasteiger partial charge < -0.3 is 5.32 Å². The van der Waals surface area contributed by atoms with Crippen LogP contribution in [-0.2, 0) is 0 Å². The van der Waals surface area contributed by atoms with Gasteiger partial charge in [0.05, 0.1) is 0 Å². The topological polar surface area (TPSA) is 15.3 Å². The first-order valence-corrected chi connectivity index (χ1v) is 7.60. The highest BCUT2D eigenvalue weighted by Crippen LogP contribution is 2.42. The molecule has 4 atom stereocenters. The lowest BCUT2D eigenvalue weighted by Crippen LogP contribution is -2.58. The highest BCUT2D eigenvalue weighted by Gasteiger charge is 2.43. The minimum absolute atomic E-state index is 0. The predicted octanol–water partition coefficient (Wildman–Crippen LogP) is 2.39. The Morgan fingerprint density at radius 2 is 2.05 bits per heavy atom. The van der Waals surface area contributed by atoms with Gasteiger partial charge in [0.15, 0.2) is 0 Å². The van der Waals surface area contributed by atoms with Crippen LogP contribution in [0.5, 0.6) is 0 Å². The van der Waals surface area contributed by atoms with E-state index in [1.807, 2.05) is 0 Å². The van der Waals surface area contributed by atoms with E-state index in [1.54, 1.807) is 5.57 Å². The van der Waals surface area contributed by atoms with Gasteiger partial charge in [0, 0.05) is 18.6 Å². The van der Waals surface area contributed by atoms with Crippen molar-refractivity contribution < 1.29 is 0 Å². The van der Waals surface area contributed by atoms with Crippen LogP contribution >= 0.6 is 27.0 Å². The van der Waals surface area contributed by atoms with Crippen molar-refractivity contribution in [2.75, 3.05) is 19.6 Å². The van der Waals surface area contributed by atoms with E-state index < -0.39 is 0 Å². The number of nitrogens with zero attached hydrogens (tertiary/aromatic N) is 1. The fourth-order valence-electron chi connectivity index (χ4n) is 4.80. The molecule has 0 radical (unpaired) electrons. The monoisotopic (exact) mass is 300 g/mol. The molecule has 19 heavy (non-hydrogen) atoms. The maximum absolute atomic E-state index is 3.78. The summed E-state index contributed by atoms with van der Waals surface area (Å²) in [7, 11) is 0. The largest absolute Gasteiger partial charge is 0.310 e. The number of fused-ring (bicyclic) bond motifs is 6. The molecule has 3 heterocycles. The van der Waals surface area contributed by atoms with Gasteiger partial charge in [-0.1, -0.05) is 18.1 Å². The van der Waals surface area contributed by atoms with E-state index in [4.69, 9.17) is 0 Å². The van der Waals surface area contributed by atoms with E-state index in [-0.39, 0.29) is 27.0 Å². The Bertz CT molecular complexity index is 345. The van der Waals surface area contributed by atoms with Crippen molar-refractivity contribution in [2.24, 2.45) is 11.8 Å². The quantitative estimate of drug-likeness (QED) is 0.691. The van der Waals surface area contributed by atoms with E-state index in [9.17, 15) is 0 Å². The molecule has 1 aliphatic carbocycles. The molecular formula is C15H28N2S2. The smallest absolute Gasteiger partial charge is 0.0320 e. The third-order valence-corrected chi connectivity index (χ3v) is 5.51. The summed E-state index contributed by atoms with van der Waals surface area (Å²) in [5.74, 6) is 1.80. The lowest BCUT2D eigenvalue weighted by atomic mass is 9.68. The van der Waals surface area contributed by atoms with Crippen molar-refractivity contribution in [3.8, 4) is 0 Å². The fraction of sp³-hybridized carbons (Fsp3) is 0.867. The number of hydrogen-bond acceptors (Lipinski definition) is 2. The molecule has 3 saturated heterocycles. The summed E-state index contributed by atoms with van der Waals surface area (Å²) in [6.07, 6.45) is 11.2. The maximum atomic E-state index is 3.78. The Hall–Kier alpha value is 0.360. The van der Waals surface area contributed by atoms with Crippen LogP contribution in [0.3, 0.4) is 0 Å². The van der Waals surface area contributed by atoms with Crippen LogP contribution in [0, 0.1) is 11.8 Å². The van der Waals surface area contributed by atoms with E-state index in [2.05, 4.69) is 16.3 Å². The molecule has 2 nitrogen and oxygen atoms in total. The first-order chi connectivity index (χ1) is 8.42. The van der Waals surface area contributed by atoms with E-state index in [0.29, 0.717) is 0 Å². The van der Waals surface area contributed by atoms with Gasteiger partial charge in [-0.2, -0.15) is 27.0 Å². The summed E-state index contributed by atoms with van der Waals surface area (Å²) in [6, 6.07) is 1.64. The zero-order chi connectivity index (χ0) is 11.2. The van der Waals surface area contributed by atoms with Gasteiger partial charge in [0.25, 0.3) is 0 Å². The van der Waals surface area contributed by atoms with Gasteiger partial charge >= 0.3 is 0 Å². The molecule has 0 aromatic heterocycles. The SMILES string of the molecule is C1=C2CCCN[C@H]2[C@@H]2C[C@H]1[C@H]1CCCCN1C2.S.S. The molecule has 0 aromatic carbocycles. The van der Waals surface area contributed by atoms with Gasteiger partial charge in [-0.3, -0.25) is 4.90 Å². The third kappa shape index (κ3) is 2.74. The van der Waals surface area contributed by atoms with Crippen molar-refractivity contribution in [3.05, 3.63) is 11.6 Å². The molecule has 4 aliphatic rings. The lowest BCUT2D eigenvalue weighted by Gasteiger charge is -2.52. The second-order valence-corrected chi connectivity index (χ2v) is 6.49. The van der Waals surface area contributed by atoms with Crippen LogP contribution in [-0.4, -0.2) is 36.6 Å². The van der Waals surface area contributed by atoms with Crippen LogP contribution in [0.4, 0.5) is 0 Å². The normalized spacial score (nSPS) is 40.9. The second-order valence-electron chi connectivity index (χ2n) is 6.49. The molecule has 0 spiro atoms. The Kier molecular flexibility index (Phi) is 5.32. The summed E-state index contributed by atoms with van der Waals surface area (Å²) < 4.78 is 0. The van der Waals surface area contributed by atoms with Gasteiger partial charge in [-0.25, -0.2) is 0 Å². The Labute approximate surface area is 131 Å². The summed E-state index contributed by atoms with van der Waals surface area (Å²) in [5.41, 5.74) is 1.77. The molecule has 3 aliphatic heterocycles. The molecule has 0 saturated carbocycles. The minimum atomic E-state index is 0. The maximum Gasteiger partial charge on any atom is 0.0320 e. The van der Waals surface area contributed by atoms with Crippen molar-refractivity contribution in [2.45, 2.75) is 50.6 Å². The fourth-order valence-corrected chi connectivity index (χ4v) is 4.80. The number of hydrogen-bond donors (Lipinski definition) is 1. The average molecular weight is 301 g/mol. The van der Waals surface area contributed by atoms with Crippen LogP contribution < -0.4 is 5.32 Å². The molecule has 4 heteroatoms. The molecule has 3 fully saturated rings. The van der Waals surface area contributed by atoms with Crippen molar-refractivity contribution >= 4 is 27.0 Å². The molecule has 110 valence electrons. The molecule has 2 bridgehead atoms. The zero-order valence-corrected chi connectivity index (χ0v) is 13.7. The number of nitrogens with one attached hydrogen (secondary N) is 1. The average Bonchev–Trinajstić information content (AvgIpc) is 2.39. The first-order valence-electron chi connectivity index (χ1n) is 7.60. The summed E-state index contributed by atoms with van der Waals surface area (Å²) in [6.45, 7) is 3.98. The van der Waals surface area contributed by atoms with Gasteiger partial charge in [-0.15, -0.1) is 0 Å². The molecule has 0 unspecified atom stereocenters. The molecule has 0 aromatic rings. The Balaban J connectivity index is 0.000000667. The van der Waals surface area contributed by atoms with Gasteiger partial charge in [0.1, 0.15) is 0 Å². The third-order valence-electron chi connectivity index (χ3n) is 5.51. The van der Waals surface area contributed by atoms with Crippen molar-refractivity contribution in [1.82, 2.24) is 10.2 Å². The molecule has 1 N–H and O–H groups in total. The van der Waals surface area contributed by atoms with Crippen molar-refractivity contribution in [1.29, 1.82) is 0 Å². The van der Waals surface area contributed by atoms with Gasteiger partial charge in [0.2, 0.25) is 0 Å². The molecule has 0 amide bonds.